The van der Waals surface area contributed by atoms with Crippen LogP contribution in [0.1, 0.15) is 36.0 Å². The van der Waals surface area contributed by atoms with Crippen molar-refractivity contribution in [3.63, 3.8) is 0 Å². The molecule has 1 atom stereocenters. The highest BCUT2D eigenvalue weighted by Crippen LogP contribution is 2.29. The van der Waals surface area contributed by atoms with Crippen LogP contribution in [0.3, 0.4) is 0 Å². The molecule has 0 saturated carbocycles. The molecule has 1 aliphatic heterocycles. The lowest BCUT2D eigenvalue weighted by Gasteiger charge is -2.24. The molecular weight excluding hydrogens is 275 g/mol. The number of carbonyl (C=O) groups is 1. The fourth-order valence-corrected chi connectivity index (χ4v) is 2.47. The largest absolute Gasteiger partial charge is 0.476 e. The van der Waals surface area contributed by atoms with E-state index in [-0.39, 0.29) is 17.7 Å². The monoisotopic (exact) mass is 290 g/mol. The summed E-state index contributed by atoms with van der Waals surface area (Å²) in [5, 5.41) is 13.3. The lowest BCUT2D eigenvalue weighted by molar-refractivity contribution is -0.0385. The summed E-state index contributed by atoms with van der Waals surface area (Å²) < 4.78 is 20.3. The third-order valence-corrected chi connectivity index (χ3v) is 3.52. The Bertz CT molecular complexity index is 645. The molecular formula is C15H15FN2O3. The van der Waals surface area contributed by atoms with E-state index in [9.17, 15) is 9.18 Å². The molecule has 1 fully saturated rings. The second kappa shape index (κ2) is 5.65. The minimum Gasteiger partial charge on any atom is -0.476 e. The van der Waals surface area contributed by atoms with Crippen LogP contribution in [0.25, 0.3) is 11.3 Å². The van der Waals surface area contributed by atoms with E-state index in [1.54, 1.807) is 16.8 Å². The molecule has 1 unspecified atom stereocenters. The van der Waals surface area contributed by atoms with E-state index in [2.05, 4.69) is 5.10 Å². The number of carboxylic acid groups (broad SMARTS) is 1. The van der Waals surface area contributed by atoms with Gasteiger partial charge in [0.2, 0.25) is 0 Å². The van der Waals surface area contributed by atoms with E-state index in [0.717, 1.165) is 19.3 Å². The van der Waals surface area contributed by atoms with Gasteiger partial charge in [-0.3, -0.25) is 0 Å². The molecule has 0 spiro atoms. The van der Waals surface area contributed by atoms with Gasteiger partial charge in [-0.2, -0.15) is 5.10 Å². The van der Waals surface area contributed by atoms with Gasteiger partial charge >= 0.3 is 5.97 Å². The van der Waals surface area contributed by atoms with E-state index in [1.165, 1.54) is 18.2 Å². The fraction of sp³-hybridized carbons (Fsp3) is 0.333. The zero-order valence-corrected chi connectivity index (χ0v) is 11.3. The Morgan fingerprint density at radius 3 is 2.71 bits per heavy atom. The van der Waals surface area contributed by atoms with Gasteiger partial charge in [0.25, 0.3) is 0 Å². The van der Waals surface area contributed by atoms with E-state index in [1.807, 2.05) is 0 Å². The quantitative estimate of drug-likeness (QED) is 0.943. The topological polar surface area (TPSA) is 64.3 Å². The molecule has 21 heavy (non-hydrogen) atoms. The number of aromatic nitrogens is 2. The van der Waals surface area contributed by atoms with Gasteiger partial charge in [0.05, 0.1) is 5.69 Å². The van der Waals surface area contributed by atoms with Gasteiger partial charge in [-0.25, -0.2) is 13.9 Å². The van der Waals surface area contributed by atoms with Gasteiger partial charge in [0.1, 0.15) is 5.82 Å². The number of ether oxygens (including phenoxy) is 1. The summed E-state index contributed by atoms with van der Waals surface area (Å²) in [5.41, 5.74) is 1.30. The van der Waals surface area contributed by atoms with Crippen LogP contribution in [0.2, 0.25) is 0 Å². The lowest BCUT2D eigenvalue weighted by Crippen LogP contribution is -2.20. The number of carboxylic acids is 1. The normalized spacial score (nSPS) is 18.6. The van der Waals surface area contributed by atoms with Crippen molar-refractivity contribution in [2.24, 2.45) is 0 Å². The highest BCUT2D eigenvalue weighted by Gasteiger charge is 2.23. The van der Waals surface area contributed by atoms with Gasteiger partial charge in [0.15, 0.2) is 11.9 Å². The minimum absolute atomic E-state index is 0.0384. The Labute approximate surface area is 121 Å². The number of halogens is 1. The van der Waals surface area contributed by atoms with Crippen molar-refractivity contribution in [1.29, 1.82) is 0 Å². The van der Waals surface area contributed by atoms with Gasteiger partial charge in [-0.15, -0.1) is 0 Å². The van der Waals surface area contributed by atoms with Gasteiger partial charge in [-0.05, 0) is 49.6 Å². The second-order valence-corrected chi connectivity index (χ2v) is 4.99. The molecule has 1 aromatic carbocycles. The first-order valence-corrected chi connectivity index (χ1v) is 6.85. The summed E-state index contributed by atoms with van der Waals surface area (Å²) in [6.45, 7) is 0.635. The van der Waals surface area contributed by atoms with E-state index >= 15 is 0 Å². The molecule has 1 aliphatic rings. The molecule has 1 saturated heterocycles. The Hall–Kier alpha value is -2.21. The van der Waals surface area contributed by atoms with Gasteiger partial charge in [0, 0.05) is 12.2 Å². The predicted octanol–water partition coefficient (Wildman–Crippen LogP) is 3.09. The van der Waals surface area contributed by atoms with Crippen LogP contribution in [0.15, 0.2) is 30.3 Å². The molecule has 0 radical (unpaired) electrons. The highest BCUT2D eigenvalue weighted by molar-refractivity contribution is 5.87. The number of aromatic carboxylic acids is 1. The zero-order valence-electron chi connectivity index (χ0n) is 11.3. The third-order valence-electron chi connectivity index (χ3n) is 3.52. The summed E-state index contributed by atoms with van der Waals surface area (Å²) in [6, 6.07) is 7.39. The van der Waals surface area contributed by atoms with Crippen molar-refractivity contribution in [2.45, 2.75) is 25.5 Å². The van der Waals surface area contributed by atoms with Crippen LogP contribution in [0, 0.1) is 5.82 Å². The number of benzene rings is 1. The van der Waals surface area contributed by atoms with Crippen LogP contribution in [-0.4, -0.2) is 27.5 Å². The van der Waals surface area contributed by atoms with Gasteiger partial charge in [-0.1, -0.05) is 0 Å². The molecule has 5 nitrogen and oxygen atoms in total. The van der Waals surface area contributed by atoms with Crippen LogP contribution in [0.5, 0.6) is 0 Å². The Kier molecular flexibility index (Phi) is 3.70. The first kappa shape index (κ1) is 13.8. The SMILES string of the molecule is O=C(O)c1cc(-c2ccc(F)cc2)n(C2CCCCO2)n1. The number of hydrogen-bond acceptors (Lipinski definition) is 3. The van der Waals surface area contributed by atoms with Crippen LogP contribution in [-0.2, 0) is 4.74 Å². The molecule has 0 aliphatic carbocycles. The van der Waals surface area contributed by atoms with Gasteiger partial charge < -0.3 is 9.84 Å². The Morgan fingerprint density at radius 1 is 1.33 bits per heavy atom. The summed E-state index contributed by atoms with van der Waals surface area (Å²) in [7, 11) is 0. The maximum absolute atomic E-state index is 13.0. The lowest BCUT2D eigenvalue weighted by atomic mass is 10.1. The van der Waals surface area contributed by atoms with Crippen molar-refractivity contribution < 1.29 is 19.0 Å². The Morgan fingerprint density at radius 2 is 2.10 bits per heavy atom. The average Bonchev–Trinajstić information content (AvgIpc) is 2.94. The molecule has 110 valence electrons. The fourth-order valence-electron chi connectivity index (χ4n) is 2.47. The van der Waals surface area contributed by atoms with Crippen LogP contribution >= 0.6 is 0 Å². The number of hydrogen-bond donors (Lipinski definition) is 1. The number of rotatable bonds is 3. The van der Waals surface area contributed by atoms with Crippen molar-refractivity contribution in [3.8, 4) is 11.3 Å². The van der Waals surface area contributed by atoms with Crippen LogP contribution < -0.4 is 0 Å². The van der Waals surface area contributed by atoms with Crippen molar-refractivity contribution >= 4 is 5.97 Å². The maximum Gasteiger partial charge on any atom is 0.356 e. The summed E-state index contributed by atoms with van der Waals surface area (Å²) >= 11 is 0. The Balaban J connectivity index is 2.04. The first-order chi connectivity index (χ1) is 10.1. The standard InChI is InChI=1S/C15H15FN2O3/c16-11-6-4-10(5-7-11)13-9-12(15(19)20)17-18(13)14-3-1-2-8-21-14/h4-7,9,14H,1-3,8H2,(H,19,20). The smallest absolute Gasteiger partial charge is 0.356 e. The summed E-state index contributed by atoms with van der Waals surface area (Å²) in [6.07, 6.45) is 2.52. The summed E-state index contributed by atoms with van der Waals surface area (Å²) in [4.78, 5) is 11.2. The molecule has 3 rings (SSSR count). The minimum atomic E-state index is -1.09. The highest BCUT2D eigenvalue weighted by atomic mass is 19.1. The van der Waals surface area contributed by atoms with E-state index in [4.69, 9.17) is 9.84 Å². The predicted molar refractivity (Wildman–Crippen MR) is 73.4 cm³/mol. The average molecular weight is 290 g/mol. The van der Waals surface area contributed by atoms with Crippen molar-refractivity contribution in [3.05, 3.63) is 41.8 Å². The summed E-state index contributed by atoms with van der Waals surface area (Å²) in [5.74, 6) is -1.43. The second-order valence-electron chi connectivity index (χ2n) is 4.99. The maximum atomic E-state index is 13.0. The van der Waals surface area contributed by atoms with Crippen molar-refractivity contribution in [2.75, 3.05) is 6.61 Å². The molecule has 1 aromatic heterocycles. The molecule has 0 amide bonds. The van der Waals surface area contributed by atoms with E-state index in [0.29, 0.717) is 17.9 Å². The molecule has 2 heterocycles. The zero-order chi connectivity index (χ0) is 14.8. The molecule has 0 bridgehead atoms. The van der Waals surface area contributed by atoms with E-state index < -0.39 is 5.97 Å². The first-order valence-electron chi connectivity index (χ1n) is 6.85. The van der Waals surface area contributed by atoms with Crippen molar-refractivity contribution in [1.82, 2.24) is 9.78 Å². The molecule has 1 N–H and O–H groups in total. The van der Waals surface area contributed by atoms with Crippen LogP contribution in [0.4, 0.5) is 4.39 Å². The third kappa shape index (κ3) is 2.80. The molecule has 6 heteroatoms. The number of nitrogens with zero attached hydrogens (tertiary/aromatic N) is 2. The molecule has 2 aromatic rings.